The van der Waals surface area contributed by atoms with Gasteiger partial charge < -0.3 is 0 Å². The average Bonchev–Trinajstić information content (AvgIpc) is 1.61. The van der Waals surface area contributed by atoms with Crippen LogP contribution in [0.2, 0.25) is 0 Å². The van der Waals surface area contributed by atoms with Crippen LogP contribution in [0, 0.1) is 6.58 Å². The lowest BCUT2D eigenvalue weighted by molar-refractivity contribution is 1.27. The number of aliphatic imine (C=N–C) groups is 1. The molecule has 0 unspecified atom stereocenters. The summed E-state index contributed by atoms with van der Waals surface area (Å²) in [6, 6.07) is 0. The Morgan fingerprint density at radius 3 is 2.83 bits per heavy atom. The number of rotatable bonds is 2. The van der Waals surface area contributed by atoms with E-state index in [1.807, 2.05) is 0 Å². The summed E-state index contributed by atoms with van der Waals surface area (Å²) in [6.07, 6.45) is 1.42. The van der Waals surface area contributed by atoms with Crippen molar-refractivity contribution in [2.24, 2.45) is 4.99 Å². The maximum absolute atomic E-state index is 4.91. The third kappa shape index (κ3) is 3.54. The van der Waals surface area contributed by atoms with Crippen LogP contribution in [-0.4, -0.2) is 11.7 Å². The number of hydrogen-bond acceptors (Lipinski definition) is 2. The highest BCUT2D eigenvalue weighted by atomic mass is 32.1. The first-order chi connectivity index (χ1) is 2.91. The molecule has 0 fully saturated rings. The smallest absolute Gasteiger partial charge is 0.0677 e. The first kappa shape index (κ1) is 5.54. The summed E-state index contributed by atoms with van der Waals surface area (Å²) in [4.78, 5) is 3.47. The van der Waals surface area contributed by atoms with E-state index in [4.69, 9.17) is 6.58 Å². The predicted molar refractivity (Wildman–Crippen MR) is 28.8 cm³/mol. The second-order valence-electron chi connectivity index (χ2n) is 0.668. The second-order valence-corrected chi connectivity index (χ2v) is 0.850. The fourth-order valence-corrected chi connectivity index (χ4v) is 0.165. The standard InChI is InChI=1S/C4H4NS/c1-2-3-5-4-6/h1-2H,3H2. The van der Waals surface area contributed by atoms with Crippen LogP contribution in [0.4, 0.5) is 0 Å². The highest BCUT2D eigenvalue weighted by Crippen LogP contribution is 1.62. The molecule has 0 bridgehead atoms. The SMILES string of the molecule is [CH]=CCN=C=S. The van der Waals surface area contributed by atoms with E-state index in [9.17, 15) is 0 Å². The summed E-state index contributed by atoms with van der Waals surface area (Å²) >= 11 is 4.23. The van der Waals surface area contributed by atoms with Gasteiger partial charge in [0.25, 0.3) is 0 Å². The van der Waals surface area contributed by atoms with Crippen molar-refractivity contribution in [2.45, 2.75) is 0 Å². The van der Waals surface area contributed by atoms with Crippen molar-refractivity contribution in [1.29, 1.82) is 0 Å². The van der Waals surface area contributed by atoms with Crippen LogP contribution >= 0.6 is 12.2 Å². The zero-order chi connectivity index (χ0) is 4.83. The lowest BCUT2D eigenvalue weighted by atomic mass is 10.7. The van der Waals surface area contributed by atoms with E-state index in [0.717, 1.165) is 0 Å². The van der Waals surface area contributed by atoms with Crippen molar-refractivity contribution >= 4 is 17.4 Å². The molecule has 0 rings (SSSR count). The summed E-state index contributed by atoms with van der Waals surface area (Å²) in [5.41, 5.74) is 0. The molecular formula is C4H4NS. The molecule has 0 aromatic carbocycles. The van der Waals surface area contributed by atoms with E-state index in [-0.39, 0.29) is 0 Å². The highest BCUT2D eigenvalue weighted by Gasteiger charge is 1.56. The van der Waals surface area contributed by atoms with E-state index >= 15 is 0 Å². The second kappa shape index (κ2) is 4.54. The Balaban J connectivity index is 3.07. The molecule has 6 heavy (non-hydrogen) atoms. The number of thiocarbonyl (C=S) groups is 1. The van der Waals surface area contributed by atoms with Gasteiger partial charge in [0, 0.05) is 0 Å². The Morgan fingerprint density at radius 1 is 2.00 bits per heavy atom. The monoisotopic (exact) mass is 98.0 g/mol. The molecule has 2 heteroatoms. The molecule has 0 aromatic heterocycles. The van der Waals surface area contributed by atoms with Crippen molar-refractivity contribution in [3.05, 3.63) is 12.7 Å². The summed E-state index contributed by atoms with van der Waals surface area (Å²) < 4.78 is 0. The van der Waals surface area contributed by atoms with Crippen LogP contribution in [0.5, 0.6) is 0 Å². The van der Waals surface area contributed by atoms with Gasteiger partial charge in [-0.15, -0.1) is 0 Å². The van der Waals surface area contributed by atoms with Gasteiger partial charge >= 0.3 is 0 Å². The van der Waals surface area contributed by atoms with Crippen LogP contribution in [0.1, 0.15) is 0 Å². The lowest BCUT2D eigenvalue weighted by Gasteiger charge is -1.65. The van der Waals surface area contributed by atoms with Crippen LogP contribution in [0.3, 0.4) is 0 Å². The molecule has 0 aliphatic heterocycles. The van der Waals surface area contributed by atoms with Gasteiger partial charge in [-0.05, 0) is 12.2 Å². The first-order valence-electron chi connectivity index (χ1n) is 1.49. The molecule has 0 aromatic rings. The first-order valence-corrected chi connectivity index (χ1v) is 1.89. The Labute approximate surface area is 42.4 Å². The molecule has 0 atom stereocenters. The number of hydrogen-bond donors (Lipinski definition) is 0. The van der Waals surface area contributed by atoms with Gasteiger partial charge in [0.1, 0.15) is 0 Å². The van der Waals surface area contributed by atoms with E-state index in [0.29, 0.717) is 6.54 Å². The minimum atomic E-state index is 0.476. The summed E-state index contributed by atoms with van der Waals surface area (Å²) in [7, 11) is 0. The van der Waals surface area contributed by atoms with Crippen LogP contribution in [0.15, 0.2) is 11.1 Å². The van der Waals surface area contributed by atoms with Gasteiger partial charge in [0.05, 0.1) is 11.7 Å². The van der Waals surface area contributed by atoms with Gasteiger partial charge in [-0.1, -0.05) is 12.7 Å². The maximum Gasteiger partial charge on any atom is 0.0677 e. The molecule has 0 saturated carbocycles. The molecule has 1 nitrogen and oxygen atoms in total. The zero-order valence-corrected chi connectivity index (χ0v) is 4.03. The highest BCUT2D eigenvalue weighted by molar-refractivity contribution is 7.78. The van der Waals surface area contributed by atoms with E-state index < -0.39 is 0 Å². The van der Waals surface area contributed by atoms with Crippen LogP contribution in [-0.2, 0) is 0 Å². The number of isothiocyanates is 1. The molecule has 0 heterocycles. The molecule has 0 saturated heterocycles. The summed E-state index contributed by atoms with van der Waals surface area (Å²) in [5.74, 6) is 0. The van der Waals surface area contributed by atoms with Gasteiger partial charge in [0.15, 0.2) is 0 Å². The largest absolute Gasteiger partial charge is 0.228 e. The Hall–Kier alpha value is -0.460. The quantitative estimate of drug-likeness (QED) is 0.372. The maximum atomic E-state index is 4.91. The minimum absolute atomic E-state index is 0.476. The molecule has 0 N–H and O–H groups in total. The third-order valence-electron chi connectivity index (χ3n) is 0.261. The van der Waals surface area contributed by atoms with E-state index in [1.54, 1.807) is 0 Å². The zero-order valence-electron chi connectivity index (χ0n) is 3.22. The third-order valence-corrected chi connectivity index (χ3v) is 0.390. The molecular weight excluding hydrogens is 94.1 g/mol. The van der Waals surface area contributed by atoms with Crippen molar-refractivity contribution < 1.29 is 0 Å². The summed E-state index contributed by atoms with van der Waals surface area (Å²) in [5, 5.41) is 2.17. The molecule has 0 amide bonds. The fraction of sp³-hybridized carbons (Fsp3) is 0.250. The topological polar surface area (TPSA) is 12.4 Å². The normalized spacial score (nSPS) is 6.00. The molecule has 0 aliphatic carbocycles. The number of nitrogens with zero attached hydrogens (tertiary/aromatic N) is 1. The van der Waals surface area contributed by atoms with Crippen molar-refractivity contribution in [2.75, 3.05) is 6.54 Å². The van der Waals surface area contributed by atoms with Gasteiger partial charge in [-0.3, -0.25) is 0 Å². The van der Waals surface area contributed by atoms with Crippen molar-refractivity contribution in [1.82, 2.24) is 0 Å². The van der Waals surface area contributed by atoms with Gasteiger partial charge in [0.2, 0.25) is 0 Å². The van der Waals surface area contributed by atoms with E-state index in [2.05, 4.69) is 22.4 Å². The molecule has 0 aliphatic rings. The van der Waals surface area contributed by atoms with Crippen LogP contribution < -0.4 is 0 Å². The minimum Gasteiger partial charge on any atom is -0.228 e. The fourth-order valence-electron chi connectivity index (χ4n) is 0.0900. The Bertz CT molecular complexity index is 81.5. The van der Waals surface area contributed by atoms with Crippen molar-refractivity contribution in [3.63, 3.8) is 0 Å². The average molecular weight is 98.1 g/mol. The predicted octanol–water partition coefficient (Wildman–Crippen LogP) is 1.08. The Morgan fingerprint density at radius 2 is 2.67 bits per heavy atom. The van der Waals surface area contributed by atoms with Gasteiger partial charge in [-0.25, -0.2) is 4.99 Å². The summed E-state index contributed by atoms with van der Waals surface area (Å²) in [6.45, 7) is 5.39. The molecule has 31 valence electrons. The van der Waals surface area contributed by atoms with Crippen LogP contribution in [0.25, 0.3) is 0 Å². The lowest BCUT2D eigenvalue weighted by Crippen LogP contribution is -1.62. The Kier molecular flexibility index (Phi) is 4.19. The van der Waals surface area contributed by atoms with Gasteiger partial charge in [-0.2, -0.15) is 0 Å². The molecule has 0 spiro atoms. The van der Waals surface area contributed by atoms with E-state index in [1.165, 1.54) is 6.08 Å². The molecule has 1 radical (unpaired) electrons. The van der Waals surface area contributed by atoms with Crippen molar-refractivity contribution in [3.8, 4) is 0 Å².